The largest absolute Gasteiger partial charge is 0.423 e. The van der Waals surface area contributed by atoms with Crippen LogP contribution in [0.25, 0.3) is 0 Å². The number of ether oxygens (including phenoxy) is 1. The lowest BCUT2D eigenvalue weighted by molar-refractivity contribution is -0.114. The molecule has 1 heterocycles. The van der Waals surface area contributed by atoms with Gasteiger partial charge in [0, 0.05) is 18.3 Å². The fourth-order valence-corrected chi connectivity index (χ4v) is 2.92. The number of thiophene rings is 1. The van der Waals surface area contributed by atoms with Gasteiger partial charge in [-0.15, -0.1) is 11.3 Å². The zero-order chi connectivity index (χ0) is 19.2. The van der Waals surface area contributed by atoms with E-state index in [0.29, 0.717) is 27.6 Å². The van der Waals surface area contributed by atoms with Crippen molar-refractivity contribution < 1.29 is 19.1 Å². The summed E-state index contributed by atoms with van der Waals surface area (Å²) in [5.74, 6) is -0.609. The van der Waals surface area contributed by atoms with E-state index >= 15 is 0 Å². The van der Waals surface area contributed by atoms with Crippen molar-refractivity contribution in [2.45, 2.75) is 6.92 Å². The van der Waals surface area contributed by atoms with Crippen molar-refractivity contribution in [3.05, 3.63) is 76.5 Å². The lowest BCUT2D eigenvalue weighted by atomic mass is 10.2. The molecular weight excluding hydrogens is 364 g/mol. The summed E-state index contributed by atoms with van der Waals surface area (Å²) < 4.78 is 5.33. The minimum atomic E-state index is -0.544. The number of amides is 2. The number of nitrogens with one attached hydrogen (secondary N) is 2. The second-order valence-electron chi connectivity index (χ2n) is 5.61. The standard InChI is InChI=1S/C20H16N2O4S/c1-13(23)21-16-5-2-4-14(12-16)20(25)26-17-9-7-15(8-10-17)22-19(24)18-6-3-11-27-18/h2-12H,1H3,(H,21,23)(H,22,24). The van der Waals surface area contributed by atoms with Gasteiger partial charge in [0.25, 0.3) is 5.91 Å². The highest BCUT2D eigenvalue weighted by Gasteiger charge is 2.11. The van der Waals surface area contributed by atoms with Crippen LogP contribution in [0.4, 0.5) is 11.4 Å². The number of rotatable bonds is 5. The summed E-state index contributed by atoms with van der Waals surface area (Å²) in [4.78, 5) is 36.0. The molecule has 7 heteroatoms. The smallest absolute Gasteiger partial charge is 0.343 e. The van der Waals surface area contributed by atoms with Crippen LogP contribution in [0.3, 0.4) is 0 Å². The molecule has 0 unspecified atom stereocenters. The third-order valence-corrected chi connectivity index (χ3v) is 4.35. The maximum atomic E-state index is 12.3. The average Bonchev–Trinajstić information content (AvgIpc) is 3.18. The van der Waals surface area contributed by atoms with E-state index in [4.69, 9.17) is 4.74 Å². The highest BCUT2D eigenvalue weighted by atomic mass is 32.1. The van der Waals surface area contributed by atoms with Crippen LogP contribution in [-0.2, 0) is 4.79 Å². The van der Waals surface area contributed by atoms with Crippen molar-refractivity contribution in [3.8, 4) is 5.75 Å². The van der Waals surface area contributed by atoms with Crippen LogP contribution in [0.2, 0.25) is 0 Å². The fraction of sp³-hybridized carbons (Fsp3) is 0.0500. The number of hydrogen-bond donors (Lipinski definition) is 2. The average molecular weight is 380 g/mol. The Morgan fingerprint density at radius 1 is 0.889 bits per heavy atom. The second-order valence-corrected chi connectivity index (χ2v) is 6.56. The highest BCUT2D eigenvalue weighted by Crippen LogP contribution is 2.19. The van der Waals surface area contributed by atoms with Gasteiger partial charge in [-0.2, -0.15) is 0 Å². The molecule has 2 amide bonds. The zero-order valence-electron chi connectivity index (χ0n) is 14.4. The van der Waals surface area contributed by atoms with E-state index in [9.17, 15) is 14.4 Å². The minimum Gasteiger partial charge on any atom is -0.423 e. The predicted molar refractivity (Wildman–Crippen MR) is 104 cm³/mol. The minimum absolute atomic E-state index is 0.190. The van der Waals surface area contributed by atoms with E-state index < -0.39 is 5.97 Å². The summed E-state index contributed by atoms with van der Waals surface area (Å²) in [6.45, 7) is 1.39. The third-order valence-electron chi connectivity index (χ3n) is 3.49. The number of benzene rings is 2. The molecular formula is C20H16N2O4S. The molecule has 2 aromatic carbocycles. The quantitative estimate of drug-likeness (QED) is 0.514. The van der Waals surface area contributed by atoms with E-state index in [1.165, 1.54) is 18.3 Å². The first-order chi connectivity index (χ1) is 13.0. The van der Waals surface area contributed by atoms with E-state index in [0.717, 1.165) is 0 Å². The Balaban J connectivity index is 1.63. The molecule has 27 heavy (non-hydrogen) atoms. The first-order valence-electron chi connectivity index (χ1n) is 8.06. The predicted octanol–water partition coefficient (Wildman–Crippen LogP) is 4.18. The number of carbonyl (C=O) groups excluding carboxylic acids is 3. The molecule has 3 rings (SSSR count). The number of hydrogen-bond acceptors (Lipinski definition) is 5. The Kier molecular flexibility index (Phi) is 5.63. The van der Waals surface area contributed by atoms with E-state index in [1.54, 1.807) is 54.6 Å². The topological polar surface area (TPSA) is 84.5 Å². The second kappa shape index (κ2) is 8.29. The van der Waals surface area contributed by atoms with Crippen molar-refractivity contribution in [2.75, 3.05) is 10.6 Å². The Bertz CT molecular complexity index is 966. The van der Waals surface area contributed by atoms with Gasteiger partial charge in [-0.1, -0.05) is 12.1 Å². The Hall–Kier alpha value is -3.45. The summed E-state index contributed by atoms with van der Waals surface area (Å²) in [6, 6.07) is 16.5. The number of anilines is 2. The summed E-state index contributed by atoms with van der Waals surface area (Å²) in [6.07, 6.45) is 0. The summed E-state index contributed by atoms with van der Waals surface area (Å²) >= 11 is 1.36. The van der Waals surface area contributed by atoms with Gasteiger partial charge in [-0.05, 0) is 53.9 Å². The monoisotopic (exact) mass is 380 g/mol. The summed E-state index contributed by atoms with van der Waals surface area (Å²) in [5.41, 5.74) is 1.43. The molecule has 0 saturated carbocycles. The fourth-order valence-electron chi connectivity index (χ4n) is 2.30. The molecule has 0 fully saturated rings. The molecule has 2 N–H and O–H groups in total. The van der Waals surface area contributed by atoms with Gasteiger partial charge >= 0.3 is 5.97 Å². The van der Waals surface area contributed by atoms with Crippen molar-refractivity contribution in [3.63, 3.8) is 0 Å². The van der Waals surface area contributed by atoms with E-state index in [2.05, 4.69) is 10.6 Å². The van der Waals surface area contributed by atoms with Crippen molar-refractivity contribution in [2.24, 2.45) is 0 Å². The van der Waals surface area contributed by atoms with Crippen molar-refractivity contribution in [1.82, 2.24) is 0 Å². The van der Waals surface area contributed by atoms with Crippen LogP contribution in [0.1, 0.15) is 27.0 Å². The first-order valence-corrected chi connectivity index (χ1v) is 8.94. The summed E-state index contributed by atoms with van der Waals surface area (Å²) in [7, 11) is 0. The molecule has 0 saturated heterocycles. The molecule has 3 aromatic rings. The Labute approximate surface area is 159 Å². The molecule has 0 bridgehead atoms. The van der Waals surface area contributed by atoms with Gasteiger partial charge in [0.05, 0.1) is 10.4 Å². The van der Waals surface area contributed by atoms with Crippen molar-refractivity contribution in [1.29, 1.82) is 0 Å². The van der Waals surface area contributed by atoms with Crippen LogP contribution in [0.15, 0.2) is 66.0 Å². The molecule has 136 valence electrons. The molecule has 0 atom stereocenters. The highest BCUT2D eigenvalue weighted by molar-refractivity contribution is 7.12. The van der Waals surface area contributed by atoms with E-state index in [-0.39, 0.29) is 11.8 Å². The maximum absolute atomic E-state index is 12.3. The van der Waals surface area contributed by atoms with Crippen molar-refractivity contribution >= 4 is 40.5 Å². The van der Waals surface area contributed by atoms with Crippen LogP contribution in [0.5, 0.6) is 5.75 Å². The van der Waals surface area contributed by atoms with Crippen LogP contribution < -0.4 is 15.4 Å². The molecule has 0 aliphatic carbocycles. The van der Waals surface area contributed by atoms with Gasteiger partial charge in [0.1, 0.15) is 5.75 Å². The van der Waals surface area contributed by atoms with Gasteiger partial charge in [-0.3, -0.25) is 9.59 Å². The molecule has 0 aliphatic rings. The SMILES string of the molecule is CC(=O)Nc1cccc(C(=O)Oc2ccc(NC(=O)c3cccs3)cc2)c1. The van der Waals surface area contributed by atoms with Crippen LogP contribution in [0, 0.1) is 0 Å². The zero-order valence-corrected chi connectivity index (χ0v) is 15.2. The van der Waals surface area contributed by atoms with Crippen LogP contribution >= 0.6 is 11.3 Å². The van der Waals surface area contributed by atoms with Gasteiger partial charge < -0.3 is 15.4 Å². The molecule has 1 aromatic heterocycles. The van der Waals surface area contributed by atoms with Gasteiger partial charge in [-0.25, -0.2) is 4.79 Å². The lowest BCUT2D eigenvalue weighted by Crippen LogP contribution is -2.11. The number of carbonyl (C=O) groups is 3. The number of esters is 1. The van der Waals surface area contributed by atoms with E-state index in [1.807, 2.05) is 11.4 Å². The third kappa shape index (κ3) is 5.02. The maximum Gasteiger partial charge on any atom is 0.343 e. The first kappa shape index (κ1) is 18.3. The Morgan fingerprint density at radius 2 is 1.67 bits per heavy atom. The van der Waals surface area contributed by atoms with Gasteiger partial charge in [0.15, 0.2) is 0 Å². The molecule has 0 aliphatic heterocycles. The Morgan fingerprint density at radius 3 is 2.33 bits per heavy atom. The van der Waals surface area contributed by atoms with Crippen LogP contribution in [-0.4, -0.2) is 17.8 Å². The normalized spacial score (nSPS) is 10.1. The van der Waals surface area contributed by atoms with Gasteiger partial charge in [0.2, 0.25) is 5.91 Å². The summed E-state index contributed by atoms with van der Waals surface area (Å²) in [5, 5.41) is 7.22. The lowest BCUT2D eigenvalue weighted by Gasteiger charge is -2.08. The molecule has 0 spiro atoms. The molecule has 6 nitrogen and oxygen atoms in total. The molecule has 0 radical (unpaired) electrons.